The molecule has 0 atom stereocenters. The summed E-state index contributed by atoms with van der Waals surface area (Å²) in [5, 5.41) is 7.41. The van der Waals surface area contributed by atoms with E-state index in [0.29, 0.717) is 41.1 Å². The quantitative estimate of drug-likeness (QED) is 0.507. The number of hydrogen-bond donors (Lipinski definition) is 2. The van der Waals surface area contributed by atoms with Gasteiger partial charge in [-0.15, -0.1) is 0 Å². The summed E-state index contributed by atoms with van der Waals surface area (Å²) >= 11 is 11.7. The van der Waals surface area contributed by atoms with Crippen LogP contribution in [0.15, 0.2) is 36.4 Å². The van der Waals surface area contributed by atoms with Gasteiger partial charge in [-0.1, -0.05) is 35.9 Å². The lowest BCUT2D eigenvalue weighted by Crippen LogP contribution is -2.16. The first-order chi connectivity index (χ1) is 13.5. The number of halogens is 1. The molecule has 6 nitrogen and oxygen atoms in total. The van der Waals surface area contributed by atoms with Crippen LogP contribution in [0.2, 0.25) is 5.02 Å². The monoisotopic (exact) mass is 418 g/mol. The largest absolute Gasteiger partial charge is 0.490 e. The molecule has 0 spiro atoms. The van der Waals surface area contributed by atoms with Crippen LogP contribution in [-0.2, 0) is 13.2 Å². The Kier molecular flexibility index (Phi) is 6.59. The van der Waals surface area contributed by atoms with Crippen LogP contribution in [0.4, 0.5) is 0 Å². The van der Waals surface area contributed by atoms with Crippen molar-refractivity contribution < 1.29 is 9.47 Å². The average molecular weight is 419 g/mol. The fourth-order valence-electron chi connectivity index (χ4n) is 2.75. The molecule has 1 heterocycles. The molecule has 0 saturated heterocycles. The Labute approximate surface area is 174 Å². The van der Waals surface area contributed by atoms with Crippen molar-refractivity contribution in [2.24, 2.45) is 0 Å². The molecule has 0 radical (unpaired) electrons. The van der Waals surface area contributed by atoms with Crippen molar-refractivity contribution in [2.75, 3.05) is 12.0 Å². The van der Waals surface area contributed by atoms with Gasteiger partial charge in [0.1, 0.15) is 12.4 Å². The molecule has 28 heavy (non-hydrogen) atoms. The lowest BCUT2D eigenvalue weighted by atomic mass is 10.1. The van der Waals surface area contributed by atoms with Gasteiger partial charge in [-0.05, 0) is 55.7 Å². The van der Waals surface area contributed by atoms with E-state index < -0.39 is 0 Å². The van der Waals surface area contributed by atoms with Gasteiger partial charge in [0.05, 0.1) is 13.2 Å². The Hall–Kier alpha value is -2.51. The fourth-order valence-corrected chi connectivity index (χ4v) is 3.21. The standard InChI is InChI=1S/C20H23ClN4O2S/c1-4-26-18-9-16(11-22-25-14(3)23-24-20(25)28)17(21)10-19(18)27-12-15-8-6-5-7-13(15)2/h5-10,22H,4,11-12H2,1-3H3,(H,24,28). The lowest BCUT2D eigenvalue weighted by Gasteiger charge is -2.16. The molecule has 148 valence electrons. The third-order valence-corrected chi connectivity index (χ3v) is 4.95. The second-order valence-electron chi connectivity index (χ2n) is 6.28. The Morgan fingerprint density at radius 3 is 2.57 bits per heavy atom. The number of aryl methyl sites for hydroxylation is 2. The predicted octanol–water partition coefficient (Wildman–Crippen LogP) is 4.93. The highest BCUT2D eigenvalue weighted by molar-refractivity contribution is 7.71. The summed E-state index contributed by atoms with van der Waals surface area (Å²) in [4.78, 5) is 0. The lowest BCUT2D eigenvalue weighted by molar-refractivity contribution is 0.268. The number of hydrogen-bond acceptors (Lipinski definition) is 5. The summed E-state index contributed by atoms with van der Waals surface area (Å²) in [6.45, 7) is 7.30. The third-order valence-electron chi connectivity index (χ3n) is 4.32. The van der Waals surface area contributed by atoms with Crippen molar-refractivity contribution in [2.45, 2.75) is 33.9 Å². The van der Waals surface area contributed by atoms with E-state index in [1.54, 1.807) is 10.7 Å². The zero-order valence-corrected chi connectivity index (χ0v) is 17.7. The summed E-state index contributed by atoms with van der Waals surface area (Å²) < 4.78 is 14.0. The van der Waals surface area contributed by atoms with Crippen molar-refractivity contribution in [3.05, 3.63) is 68.7 Å². The van der Waals surface area contributed by atoms with Gasteiger partial charge in [-0.3, -0.25) is 5.10 Å². The number of aromatic amines is 1. The number of H-pyrrole nitrogens is 1. The maximum Gasteiger partial charge on any atom is 0.214 e. The fraction of sp³-hybridized carbons (Fsp3) is 0.300. The molecule has 0 unspecified atom stereocenters. The van der Waals surface area contributed by atoms with Gasteiger partial charge in [0, 0.05) is 11.1 Å². The number of ether oxygens (including phenoxy) is 2. The maximum absolute atomic E-state index is 6.50. The third kappa shape index (κ3) is 4.66. The average Bonchev–Trinajstić information content (AvgIpc) is 2.99. The summed E-state index contributed by atoms with van der Waals surface area (Å²) in [7, 11) is 0. The zero-order valence-electron chi connectivity index (χ0n) is 16.1. The van der Waals surface area contributed by atoms with Gasteiger partial charge in [0.15, 0.2) is 11.5 Å². The summed E-state index contributed by atoms with van der Waals surface area (Å²) in [6.07, 6.45) is 0. The number of nitrogens with zero attached hydrogens (tertiary/aromatic N) is 2. The predicted molar refractivity (Wildman–Crippen MR) is 113 cm³/mol. The first-order valence-electron chi connectivity index (χ1n) is 9.00. The number of benzene rings is 2. The van der Waals surface area contributed by atoms with Crippen LogP contribution < -0.4 is 14.9 Å². The molecule has 8 heteroatoms. The maximum atomic E-state index is 6.50. The molecular weight excluding hydrogens is 396 g/mol. The Balaban J connectivity index is 1.79. The van der Waals surface area contributed by atoms with E-state index in [1.165, 1.54) is 5.56 Å². The molecule has 0 aliphatic carbocycles. The molecule has 0 saturated carbocycles. The van der Waals surface area contributed by atoms with Crippen molar-refractivity contribution in [3.8, 4) is 11.5 Å². The topological polar surface area (TPSA) is 64.1 Å². The van der Waals surface area contributed by atoms with Gasteiger partial charge >= 0.3 is 0 Å². The molecule has 1 aromatic heterocycles. The van der Waals surface area contributed by atoms with Crippen molar-refractivity contribution in [3.63, 3.8) is 0 Å². The minimum atomic E-state index is 0.448. The Morgan fingerprint density at radius 2 is 1.89 bits per heavy atom. The summed E-state index contributed by atoms with van der Waals surface area (Å²) in [5.41, 5.74) is 6.38. The Bertz CT molecular complexity index is 1020. The van der Waals surface area contributed by atoms with Gasteiger partial charge < -0.3 is 14.9 Å². The molecule has 2 aromatic carbocycles. The second kappa shape index (κ2) is 9.12. The van der Waals surface area contributed by atoms with Crippen molar-refractivity contribution in [1.82, 2.24) is 14.9 Å². The number of aromatic nitrogens is 3. The van der Waals surface area contributed by atoms with Crippen molar-refractivity contribution in [1.29, 1.82) is 0 Å². The van der Waals surface area contributed by atoms with Gasteiger partial charge in [0.2, 0.25) is 4.77 Å². The van der Waals surface area contributed by atoms with Crippen LogP contribution in [0, 0.1) is 18.6 Å². The van der Waals surface area contributed by atoms with Crippen LogP contribution in [0.5, 0.6) is 11.5 Å². The van der Waals surface area contributed by atoms with E-state index in [-0.39, 0.29) is 0 Å². The van der Waals surface area contributed by atoms with E-state index in [4.69, 9.17) is 33.3 Å². The van der Waals surface area contributed by atoms with Crippen LogP contribution in [0.1, 0.15) is 29.4 Å². The summed E-state index contributed by atoms with van der Waals surface area (Å²) in [6, 6.07) is 11.8. The number of rotatable bonds is 8. The molecule has 0 aliphatic rings. The first-order valence-corrected chi connectivity index (χ1v) is 9.78. The normalized spacial score (nSPS) is 10.7. The smallest absolute Gasteiger partial charge is 0.214 e. The molecular formula is C20H23ClN4O2S. The van der Waals surface area contributed by atoms with Crippen LogP contribution >= 0.6 is 23.8 Å². The minimum absolute atomic E-state index is 0.448. The van der Waals surface area contributed by atoms with Crippen molar-refractivity contribution >= 4 is 23.8 Å². The molecule has 3 rings (SSSR count). The molecule has 2 N–H and O–H groups in total. The first kappa shape index (κ1) is 20.2. The highest BCUT2D eigenvalue weighted by atomic mass is 35.5. The van der Waals surface area contributed by atoms with Crippen LogP contribution in [0.25, 0.3) is 0 Å². The van der Waals surface area contributed by atoms with Gasteiger partial charge in [-0.2, -0.15) is 5.10 Å². The molecule has 0 bridgehead atoms. The van der Waals surface area contributed by atoms with Gasteiger partial charge in [0.25, 0.3) is 0 Å². The number of nitrogens with one attached hydrogen (secondary N) is 2. The molecule has 0 amide bonds. The molecule has 0 aliphatic heterocycles. The SMILES string of the molecule is CCOc1cc(CNn2c(C)n[nH]c2=S)c(Cl)cc1OCc1ccccc1C. The van der Waals surface area contributed by atoms with E-state index >= 15 is 0 Å². The van der Waals surface area contributed by atoms with E-state index in [9.17, 15) is 0 Å². The van der Waals surface area contributed by atoms with Crippen LogP contribution in [0.3, 0.4) is 0 Å². The van der Waals surface area contributed by atoms with E-state index in [1.807, 2.05) is 38.1 Å². The molecule has 3 aromatic rings. The van der Waals surface area contributed by atoms with Gasteiger partial charge in [-0.25, -0.2) is 4.68 Å². The minimum Gasteiger partial charge on any atom is -0.490 e. The van der Waals surface area contributed by atoms with Crippen LogP contribution in [-0.4, -0.2) is 21.5 Å². The van der Waals surface area contributed by atoms with E-state index in [2.05, 4.69) is 28.6 Å². The Morgan fingerprint density at radius 1 is 1.14 bits per heavy atom. The summed E-state index contributed by atoms with van der Waals surface area (Å²) in [5.74, 6) is 2.02. The second-order valence-corrected chi connectivity index (χ2v) is 7.08. The zero-order chi connectivity index (χ0) is 20.1. The highest BCUT2D eigenvalue weighted by Crippen LogP contribution is 2.34. The highest BCUT2D eigenvalue weighted by Gasteiger charge is 2.13. The molecule has 0 fully saturated rings. The van der Waals surface area contributed by atoms with E-state index in [0.717, 1.165) is 17.0 Å².